The van der Waals surface area contributed by atoms with Crippen LogP contribution in [-0.2, 0) is 11.3 Å². The van der Waals surface area contributed by atoms with E-state index in [9.17, 15) is 9.59 Å². The lowest BCUT2D eigenvalue weighted by molar-refractivity contribution is -0.144. The second kappa shape index (κ2) is 8.36. The van der Waals surface area contributed by atoms with Crippen LogP contribution in [0.15, 0.2) is 36.4 Å². The molecule has 0 bridgehead atoms. The van der Waals surface area contributed by atoms with Crippen molar-refractivity contribution in [3.8, 4) is 17.0 Å². The summed E-state index contributed by atoms with van der Waals surface area (Å²) in [5.74, 6) is 2.95. The number of benzene rings is 2. The molecular formula is C33H37N3O3. The van der Waals surface area contributed by atoms with E-state index in [0.29, 0.717) is 29.9 Å². The van der Waals surface area contributed by atoms with Gasteiger partial charge in [0, 0.05) is 47.6 Å². The van der Waals surface area contributed by atoms with Gasteiger partial charge in [-0.3, -0.25) is 9.59 Å². The fourth-order valence-corrected chi connectivity index (χ4v) is 8.29. The number of ether oxygens (including phenoxy) is 1. The monoisotopic (exact) mass is 523 g/mol. The van der Waals surface area contributed by atoms with Gasteiger partial charge in [-0.1, -0.05) is 25.3 Å². The van der Waals surface area contributed by atoms with Gasteiger partial charge in [-0.05, 0) is 91.3 Å². The summed E-state index contributed by atoms with van der Waals surface area (Å²) in [5.41, 5.74) is 12.0. The molecule has 1 aromatic heterocycles. The van der Waals surface area contributed by atoms with Crippen molar-refractivity contribution in [3.63, 3.8) is 0 Å². The Hall–Kier alpha value is -3.28. The van der Waals surface area contributed by atoms with Crippen molar-refractivity contribution >= 4 is 22.7 Å². The van der Waals surface area contributed by atoms with E-state index in [2.05, 4.69) is 33.7 Å². The van der Waals surface area contributed by atoms with Gasteiger partial charge in [0.25, 0.3) is 0 Å². The number of rotatable bonds is 5. The van der Waals surface area contributed by atoms with Gasteiger partial charge >= 0.3 is 0 Å². The number of hydrogen-bond donors (Lipinski definition) is 1. The lowest BCUT2D eigenvalue weighted by atomic mass is 9.81. The molecule has 202 valence electrons. The molecule has 4 fully saturated rings. The molecule has 5 aliphatic rings. The second-order valence-corrected chi connectivity index (χ2v) is 13.0. The molecule has 3 saturated carbocycles. The first-order chi connectivity index (χ1) is 19.0. The Kier molecular flexibility index (Phi) is 5.06. The van der Waals surface area contributed by atoms with E-state index in [-0.39, 0.29) is 5.92 Å². The molecule has 8 rings (SSSR count). The molecule has 3 aliphatic carbocycles. The largest absolute Gasteiger partial charge is 0.497 e. The van der Waals surface area contributed by atoms with Crippen molar-refractivity contribution in [2.45, 2.75) is 69.7 Å². The summed E-state index contributed by atoms with van der Waals surface area (Å²) in [7, 11) is 1.72. The summed E-state index contributed by atoms with van der Waals surface area (Å²) < 4.78 is 8.09. The minimum absolute atomic E-state index is 0.184. The Morgan fingerprint density at radius 2 is 1.77 bits per heavy atom. The number of aromatic nitrogens is 1. The molecule has 1 saturated heterocycles. The predicted octanol–water partition coefficient (Wildman–Crippen LogP) is 5.82. The van der Waals surface area contributed by atoms with Gasteiger partial charge in [0.05, 0.1) is 18.2 Å². The topological polar surface area (TPSA) is 77.6 Å². The van der Waals surface area contributed by atoms with Crippen LogP contribution in [0.3, 0.4) is 0 Å². The fourth-order valence-electron chi connectivity index (χ4n) is 8.29. The third kappa shape index (κ3) is 3.46. The van der Waals surface area contributed by atoms with Crippen LogP contribution in [0.25, 0.3) is 22.2 Å². The van der Waals surface area contributed by atoms with Crippen molar-refractivity contribution in [2.75, 3.05) is 20.2 Å². The highest BCUT2D eigenvalue weighted by Crippen LogP contribution is 2.66. The molecule has 2 aliphatic heterocycles. The van der Waals surface area contributed by atoms with E-state index in [1.807, 2.05) is 12.1 Å². The number of nitrogens with zero attached hydrogens (tertiary/aromatic N) is 2. The summed E-state index contributed by atoms with van der Waals surface area (Å²) >= 11 is 0. The van der Waals surface area contributed by atoms with Crippen LogP contribution in [0.5, 0.6) is 5.75 Å². The molecule has 3 heterocycles. The molecule has 2 unspecified atom stereocenters. The van der Waals surface area contributed by atoms with Crippen LogP contribution in [-0.4, -0.2) is 41.5 Å². The zero-order valence-electron chi connectivity index (χ0n) is 22.7. The number of carbonyl (C=O) groups is 2. The van der Waals surface area contributed by atoms with E-state index in [4.69, 9.17) is 10.5 Å². The number of carbonyl (C=O) groups excluding carboxylic acids is 2. The normalized spacial score (nSPS) is 26.3. The van der Waals surface area contributed by atoms with Crippen LogP contribution in [0.1, 0.15) is 84.7 Å². The number of nitrogens with two attached hydrogens (primary N) is 1. The molecule has 6 nitrogen and oxygen atoms in total. The number of fused-ring (bicyclic) bond motifs is 7. The number of primary amides is 1. The Labute approximate surface area is 229 Å². The zero-order chi connectivity index (χ0) is 26.5. The minimum Gasteiger partial charge on any atom is -0.497 e. The molecule has 2 amide bonds. The molecule has 6 heteroatoms. The maximum atomic E-state index is 14.3. The second-order valence-electron chi connectivity index (χ2n) is 13.0. The molecule has 2 N–H and O–H groups in total. The van der Waals surface area contributed by atoms with Gasteiger partial charge < -0.3 is 19.9 Å². The Balaban J connectivity index is 1.33. The average Bonchev–Trinajstić information content (AvgIpc) is 3.85. The molecule has 2 aromatic carbocycles. The smallest absolute Gasteiger partial charge is 0.248 e. The van der Waals surface area contributed by atoms with Gasteiger partial charge in [-0.15, -0.1) is 0 Å². The van der Waals surface area contributed by atoms with Gasteiger partial charge in [0.2, 0.25) is 11.8 Å². The first kappa shape index (κ1) is 23.6. The van der Waals surface area contributed by atoms with E-state index >= 15 is 0 Å². The molecule has 2 atom stereocenters. The summed E-state index contributed by atoms with van der Waals surface area (Å²) in [5, 5.41) is 1.21. The highest BCUT2D eigenvalue weighted by Gasteiger charge is 2.65. The molecular weight excluding hydrogens is 486 g/mol. The average molecular weight is 524 g/mol. The molecule has 39 heavy (non-hydrogen) atoms. The molecule has 3 aromatic rings. The van der Waals surface area contributed by atoms with Crippen molar-refractivity contribution < 1.29 is 14.3 Å². The van der Waals surface area contributed by atoms with Crippen LogP contribution in [0.2, 0.25) is 0 Å². The first-order valence-corrected chi connectivity index (χ1v) is 14.9. The highest BCUT2D eigenvalue weighted by atomic mass is 16.5. The lowest BCUT2D eigenvalue weighted by Gasteiger charge is -2.42. The van der Waals surface area contributed by atoms with Crippen LogP contribution >= 0.6 is 0 Å². The predicted molar refractivity (Wildman–Crippen MR) is 151 cm³/mol. The maximum Gasteiger partial charge on any atom is 0.248 e. The van der Waals surface area contributed by atoms with E-state index in [0.717, 1.165) is 36.7 Å². The Bertz CT molecular complexity index is 1520. The van der Waals surface area contributed by atoms with Gasteiger partial charge in [0.1, 0.15) is 5.75 Å². The van der Waals surface area contributed by atoms with Crippen LogP contribution in [0.4, 0.5) is 0 Å². The summed E-state index contributed by atoms with van der Waals surface area (Å²) in [6, 6.07) is 12.4. The standard InChI is InChI=1S/C33H37N3O3/c1-39-23-10-12-24-26(14-23)27-15-33(27,32(38)35-16-22(17-35)19-7-8-19)18-36-28-13-21(31(34)37)9-11-25(28)29(30(24)36)20-5-3-2-4-6-20/h9-14,19-20,22,27H,2-8,15-18H2,1H3,(H2,34,37). The highest BCUT2D eigenvalue weighted by molar-refractivity contribution is 6.01. The SMILES string of the molecule is COc1ccc2c(c1)C1CC1(C(=O)N1CC(C3CC3)C1)Cn1c-2c(C2CCCCC2)c2ccc(C(N)=O)cc21. The Morgan fingerprint density at radius 1 is 0.974 bits per heavy atom. The van der Waals surface area contributed by atoms with Crippen LogP contribution in [0, 0.1) is 17.3 Å². The third-order valence-electron chi connectivity index (χ3n) is 10.7. The summed E-state index contributed by atoms with van der Waals surface area (Å²) in [6.07, 6.45) is 9.67. The van der Waals surface area contributed by atoms with Crippen LogP contribution < -0.4 is 10.5 Å². The van der Waals surface area contributed by atoms with Gasteiger partial charge in [-0.25, -0.2) is 0 Å². The van der Waals surface area contributed by atoms with Crippen molar-refractivity contribution in [1.29, 1.82) is 0 Å². The van der Waals surface area contributed by atoms with E-state index in [1.165, 1.54) is 72.7 Å². The third-order valence-corrected chi connectivity index (χ3v) is 10.7. The quantitative estimate of drug-likeness (QED) is 0.458. The maximum absolute atomic E-state index is 14.3. The zero-order valence-corrected chi connectivity index (χ0v) is 22.7. The number of likely N-dealkylation sites (tertiary alicyclic amines) is 1. The van der Waals surface area contributed by atoms with Crippen molar-refractivity contribution in [3.05, 3.63) is 53.1 Å². The van der Waals surface area contributed by atoms with Crippen molar-refractivity contribution in [1.82, 2.24) is 9.47 Å². The number of hydrogen-bond acceptors (Lipinski definition) is 3. The van der Waals surface area contributed by atoms with E-state index in [1.54, 1.807) is 7.11 Å². The lowest BCUT2D eigenvalue weighted by Crippen LogP contribution is -2.54. The molecule has 0 radical (unpaired) electrons. The van der Waals surface area contributed by atoms with Gasteiger partial charge in [0.15, 0.2) is 0 Å². The number of methoxy groups -OCH3 is 1. The minimum atomic E-state index is -0.445. The number of amides is 2. The Morgan fingerprint density at radius 3 is 2.49 bits per heavy atom. The van der Waals surface area contributed by atoms with E-state index < -0.39 is 11.3 Å². The fraction of sp³-hybridized carbons (Fsp3) is 0.515. The van der Waals surface area contributed by atoms with Gasteiger partial charge in [-0.2, -0.15) is 0 Å². The molecule has 0 spiro atoms. The summed E-state index contributed by atoms with van der Waals surface area (Å²) in [4.78, 5) is 28.7. The first-order valence-electron chi connectivity index (χ1n) is 14.9. The summed E-state index contributed by atoms with van der Waals surface area (Å²) in [6.45, 7) is 2.49. The van der Waals surface area contributed by atoms with Crippen molar-refractivity contribution in [2.24, 2.45) is 23.0 Å².